The van der Waals surface area contributed by atoms with E-state index in [0.717, 1.165) is 6.92 Å². The zero-order valence-electron chi connectivity index (χ0n) is 8.87. The van der Waals surface area contributed by atoms with Crippen LogP contribution in [0, 0.1) is 12.7 Å². The van der Waals surface area contributed by atoms with E-state index >= 15 is 0 Å². The lowest BCUT2D eigenvalue weighted by Crippen LogP contribution is -2.09. The summed E-state index contributed by atoms with van der Waals surface area (Å²) in [4.78, 5) is 0. The summed E-state index contributed by atoms with van der Waals surface area (Å²) in [6.07, 6.45) is 0. The maximum atomic E-state index is 12.8. The Morgan fingerprint density at radius 3 is 2.00 bits per heavy atom. The third kappa shape index (κ3) is 3.05. The van der Waals surface area contributed by atoms with E-state index in [1.54, 1.807) is 0 Å². The van der Waals surface area contributed by atoms with Crippen LogP contribution in [0.1, 0.15) is 31.9 Å². The fraction of sp³-hybridized carbons (Fsp3) is 0.455. The highest BCUT2D eigenvalue weighted by atomic mass is 19.3. The molecule has 0 aromatic heterocycles. The minimum Gasteiger partial charge on any atom is -0.207 e. The second kappa shape index (κ2) is 5.03. The lowest BCUT2D eigenvalue weighted by molar-refractivity contribution is 0.0164. The number of rotatable bonds is 1. The van der Waals surface area contributed by atoms with Gasteiger partial charge in [0.1, 0.15) is 5.82 Å². The van der Waals surface area contributed by atoms with E-state index in [0.29, 0.717) is 0 Å². The van der Waals surface area contributed by atoms with Gasteiger partial charge in [-0.1, -0.05) is 26.0 Å². The van der Waals surface area contributed by atoms with Crippen LogP contribution < -0.4 is 0 Å². The maximum Gasteiger partial charge on any atom is 0.270 e. The van der Waals surface area contributed by atoms with Crippen molar-refractivity contribution < 1.29 is 13.2 Å². The summed E-state index contributed by atoms with van der Waals surface area (Å²) >= 11 is 0. The number of hydrogen-bond acceptors (Lipinski definition) is 0. The van der Waals surface area contributed by atoms with E-state index in [9.17, 15) is 13.2 Å². The fourth-order valence-electron chi connectivity index (χ4n) is 1.08. The molecule has 0 amide bonds. The molecule has 0 aliphatic carbocycles. The van der Waals surface area contributed by atoms with Crippen LogP contribution in [0.3, 0.4) is 0 Å². The van der Waals surface area contributed by atoms with Gasteiger partial charge in [-0.15, -0.1) is 0 Å². The van der Waals surface area contributed by atoms with Gasteiger partial charge in [0.25, 0.3) is 5.92 Å². The first kappa shape index (κ1) is 13.0. The van der Waals surface area contributed by atoms with Crippen LogP contribution in [-0.4, -0.2) is 0 Å². The smallest absolute Gasteiger partial charge is 0.207 e. The summed E-state index contributed by atoms with van der Waals surface area (Å²) in [6.45, 7) is 6.11. The van der Waals surface area contributed by atoms with E-state index in [4.69, 9.17) is 0 Å². The van der Waals surface area contributed by atoms with Gasteiger partial charge >= 0.3 is 0 Å². The van der Waals surface area contributed by atoms with Crippen molar-refractivity contribution in [1.82, 2.24) is 0 Å². The summed E-state index contributed by atoms with van der Waals surface area (Å²) in [7, 11) is 0. The summed E-state index contributed by atoms with van der Waals surface area (Å²) in [5.74, 6) is -3.55. The Hall–Kier alpha value is -0.990. The summed E-state index contributed by atoms with van der Waals surface area (Å²) in [6, 6.07) is 3.69. The van der Waals surface area contributed by atoms with E-state index in [-0.39, 0.29) is 11.1 Å². The van der Waals surface area contributed by atoms with Crippen molar-refractivity contribution in [2.75, 3.05) is 0 Å². The third-order valence-electron chi connectivity index (χ3n) is 1.74. The van der Waals surface area contributed by atoms with Gasteiger partial charge < -0.3 is 0 Å². The molecule has 0 aliphatic rings. The van der Waals surface area contributed by atoms with Crippen LogP contribution in [0.15, 0.2) is 18.2 Å². The molecule has 14 heavy (non-hydrogen) atoms. The molecule has 0 heterocycles. The predicted molar refractivity (Wildman–Crippen MR) is 52.1 cm³/mol. The van der Waals surface area contributed by atoms with Crippen LogP contribution in [-0.2, 0) is 5.92 Å². The van der Waals surface area contributed by atoms with Crippen LogP contribution in [0.5, 0.6) is 0 Å². The molecule has 0 unspecified atom stereocenters. The van der Waals surface area contributed by atoms with Crippen molar-refractivity contribution >= 4 is 0 Å². The van der Waals surface area contributed by atoms with Gasteiger partial charge in [0.15, 0.2) is 0 Å². The second-order valence-electron chi connectivity index (χ2n) is 2.80. The Bertz CT molecular complexity index is 287. The van der Waals surface area contributed by atoms with Crippen LogP contribution in [0.4, 0.5) is 13.2 Å². The van der Waals surface area contributed by atoms with E-state index < -0.39 is 11.7 Å². The topological polar surface area (TPSA) is 0 Å². The molecule has 0 bridgehead atoms. The Labute approximate surface area is 82.8 Å². The number of halogens is 3. The van der Waals surface area contributed by atoms with Crippen molar-refractivity contribution in [3.8, 4) is 0 Å². The van der Waals surface area contributed by atoms with Crippen molar-refractivity contribution in [2.45, 2.75) is 33.6 Å². The molecule has 3 heteroatoms. The predicted octanol–water partition coefficient (Wildman–Crippen LogP) is 4.27. The molecule has 1 rings (SSSR count). The minimum atomic E-state index is -2.97. The lowest BCUT2D eigenvalue weighted by atomic mass is 10.0. The third-order valence-corrected chi connectivity index (χ3v) is 1.74. The van der Waals surface area contributed by atoms with Crippen LogP contribution in [0.25, 0.3) is 0 Å². The molecular weight excluding hydrogens is 189 g/mol. The summed E-state index contributed by atoms with van der Waals surface area (Å²) in [5.41, 5.74) is -0.229. The lowest BCUT2D eigenvalue weighted by Gasteiger charge is -2.13. The summed E-state index contributed by atoms with van der Waals surface area (Å²) < 4.78 is 38.2. The summed E-state index contributed by atoms with van der Waals surface area (Å²) in [5, 5.41) is 0. The Morgan fingerprint density at radius 1 is 1.14 bits per heavy atom. The fourth-order valence-corrected chi connectivity index (χ4v) is 1.08. The van der Waals surface area contributed by atoms with Gasteiger partial charge in [0, 0.05) is 12.5 Å². The first-order chi connectivity index (χ1) is 6.43. The minimum absolute atomic E-state index is 0.0185. The molecule has 0 radical (unpaired) electrons. The molecular formula is C11H15F3. The molecule has 0 nitrogen and oxygen atoms in total. The number of benzene rings is 1. The Kier molecular flexibility index (Phi) is 4.68. The molecule has 0 N–H and O–H groups in total. The van der Waals surface area contributed by atoms with E-state index in [1.807, 2.05) is 13.8 Å². The molecule has 0 atom stereocenters. The molecule has 0 saturated carbocycles. The first-order valence-corrected chi connectivity index (χ1v) is 4.56. The SMILES string of the molecule is CC.Cc1c(F)cccc1C(C)(F)F. The molecule has 0 aliphatic heterocycles. The first-order valence-electron chi connectivity index (χ1n) is 4.56. The molecule has 80 valence electrons. The van der Waals surface area contributed by atoms with Gasteiger partial charge in [0.2, 0.25) is 0 Å². The van der Waals surface area contributed by atoms with E-state index in [2.05, 4.69) is 0 Å². The largest absolute Gasteiger partial charge is 0.270 e. The van der Waals surface area contributed by atoms with Crippen molar-refractivity contribution in [1.29, 1.82) is 0 Å². The van der Waals surface area contributed by atoms with Crippen molar-refractivity contribution in [2.24, 2.45) is 0 Å². The highest BCUT2D eigenvalue weighted by Gasteiger charge is 2.26. The highest BCUT2D eigenvalue weighted by Crippen LogP contribution is 2.30. The standard InChI is InChI=1S/C9H9F3.C2H6/c1-6-7(9(2,11)12)4-3-5-8(6)10;1-2/h3-5H,1-2H3;1-2H3. The molecule has 0 spiro atoms. The van der Waals surface area contributed by atoms with Gasteiger partial charge in [-0.2, -0.15) is 0 Å². The van der Waals surface area contributed by atoms with Crippen LogP contribution >= 0.6 is 0 Å². The average Bonchev–Trinajstić information content (AvgIpc) is 2.11. The monoisotopic (exact) mass is 204 g/mol. The maximum absolute atomic E-state index is 12.8. The molecule has 0 fully saturated rings. The van der Waals surface area contributed by atoms with E-state index in [1.165, 1.54) is 25.1 Å². The molecule has 0 saturated heterocycles. The van der Waals surface area contributed by atoms with Crippen LogP contribution in [0.2, 0.25) is 0 Å². The zero-order valence-corrected chi connectivity index (χ0v) is 8.87. The second-order valence-corrected chi connectivity index (χ2v) is 2.80. The van der Waals surface area contributed by atoms with Gasteiger partial charge in [-0.3, -0.25) is 0 Å². The molecule has 1 aromatic rings. The highest BCUT2D eigenvalue weighted by molar-refractivity contribution is 5.30. The van der Waals surface area contributed by atoms with Gasteiger partial charge in [-0.05, 0) is 18.6 Å². The Balaban J connectivity index is 0.000000791. The zero-order chi connectivity index (χ0) is 11.4. The van der Waals surface area contributed by atoms with Gasteiger partial charge in [0.05, 0.1) is 0 Å². The number of hydrogen-bond donors (Lipinski definition) is 0. The average molecular weight is 204 g/mol. The quantitative estimate of drug-likeness (QED) is 0.640. The normalized spacial score (nSPS) is 10.5. The van der Waals surface area contributed by atoms with Gasteiger partial charge in [-0.25, -0.2) is 13.2 Å². The van der Waals surface area contributed by atoms with Crippen molar-refractivity contribution in [3.05, 3.63) is 35.1 Å². The van der Waals surface area contributed by atoms with Crippen molar-refractivity contribution in [3.63, 3.8) is 0 Å². The Morgan fingerprint density at radius 2 is 1.64 bits per heavy atom. The molecule has 1 aromatic carbocycles. The number of alkyl halides is 2.